The molecule has 3 heterocycles. The third-order valence-corrected chi connectivity index (χ3v) is 7.51. The molecule has 2 aromatic carbocycles. The second-order valence-electron chi connectivity index (χ2n) is 10.3. The van der Waals surface area contributed by atoms with Crippen LogP contribution >= 0.6 is 0 Å². The Hall–Kier alpha value is -3.56. The molecule has 1 aliphatic carbocycles. The summed E-state index contributed by atoms with van der Waals surface area (Å²) in [7, 11) is 2.16. The van der Waals surface area contributed by atoms with Gasteiger partial charge in [-0.25, -0.2) is 8.78 Å². The molecule has 1 aliphatic heterocycles. The molecule has 0 bridgehead atoms. The molecule has 6 rings (SSSR count). The topological polar surface area (TPSA) is 69.3 Å². The Labute approximate surface area is 220 Å². The van der Waals surface area contributed by atoms with E-state index in [-0.39, 0.29) is 11.7 Å². The maximum Gasteiger partial charge on any atom is 0.232 e. The number of nitrogens with zero attached hydrogens (tertiary/aromatic N) is 4. The average Bonchev–Trinajstić information content (AvgIpc) is 3.57. The van der Waals surface area contributed by atoms with Crippen LogP contribution in [0.1, 0.15) is 31.2 Å². The zero-order valence-electron chi connectivity index (χ0n) is 21.5. The van der Waals surface area contributed by atoms with Crippen LogP contribution in [-0.2, 0) is 6.54 Å². The van der Waals surface area contributed by atoms with E-state index in [0.717, 1.165) is 70.2 Å². The van der Waals surface area contributed by atoms with E-state index in [1.165, 1.54) is 17.7 Å². The summed E-state index contributed by atoms with van der Waals surface area (Å²) in [6.07, 6.45) is 5.85. The van der Waals surface area contributed by atoms with Crippen LogP contribution in [0.15, 0.2) is 48.7 Å². The van der Waals surface area contributed by atoms with Crippen molar-refractivity contribution in [2.24, 2.45) is 0 Å². The van der Waals surface area contributed by atoms with E-state index in [1.807, 2.05) is 12.1 Å². The first-order chi connectivity index (χ1) is 18.5. The number of H-pyrrole nitrogens is 1. The number of likely N-dealkylation sites (N-methyl/N-ethyl adjacent to an activating group) is 1. The van der Waals surface area contributed by atoms with Crippen LogP contribution in [0.4, 0.5) is 20.4 Å². The number of rotatable bonds is 7. The van der Waals surface area contributed by atoms with Gasteiger partial charge >= 0.3 is 0 Å². The Bertz CT molecular complexity index is 1410. The van der Waals surface area contributed by atoms with Crippen LogP contribution in [0.5, 0.6) is 5.88 Å². The minimum atomic E-state index is -0.642. The standard InChI is InChI=1S/C29H32F2N6O/c1-36-12-14-37(15-13-36)18-19-6-9-21(10-7-19)33-29-34-27-26(28(35-29)38-22-4-2-3-5-22)24(17-32-27)23-11-8-20(30)16-25(23)31/h6-11,16-17,22H,2-5,12-15,18H2,1H3,(H2,32,33,34,35). The zero-order valence-corrected chi connectivity index (χ0v) is 21.5. The first kappa shape index (κ1) is 24.8. The fourth-order valence-corrected chi connectivity index (χ4v) is 5.31. The zero-order chi connectivity index (χ0) is 26.1. The summed E-state index contributed by atoms with van der Waals surface area (Å²) < 4.78 is 34.6. The average molecular weight is 519 g/mol. The smallest absolute Gasteiger partial charge is 0.232 e. The quantitative estimate of drug-likeness (QED) is 0.326. The predicted molar refractivity (Wildman–Crippen MR) is 145 cm³/mol. The lowest BCUT2D eigenvalue weighted by Gasteiger charge is -2.32. The lowest BCUT2D eigenvalue weighted by molar-refractivity contribution is 0.148. The highest BCUT2D eigenvalue weighted by Crippen LogP contribution is 2.37. The molecule has 198 valence electrons. The lowest BCUT2D eigenvalue weighted by Crippen LogP contribution is -2.43. The van der Waals surface area contributed by atoms with E-state index in [4.69, 9.17) is 9.72 Å². The molecule has 2 fully saturated rings. The van der Waals surface area contributed by atoms with Gasteiger partial charge in [0.2, 0.25) is 11.8 Å². The number of aromatic amines is 1. The van der Waals surface area contributed by atoms with Crippen molar-refractivity contribution in [2.75, 3.05) is 38.5 Å². The van der Waals surface area contributed by atoms with E-state index < -0.39 is 11.6 Å². The SMILES string of the molecule is CN1CCN(Cc2ccc(Nc3nc(OC4CCCC4)c4c(-c5ccc(F)cc5F)c[nH]c4n3)cc2)CC1. The molecule has 2 aromatic heterocycles. The molecule has 0 spiro atoms. The molecule has 0 atom stereocenters. The summed E-state index contributed by atoms with van der Waals surface area (Å²) in [5.74, 6) is -0.469. The Balaban J connectivity index is 1.27. The van der Waals surface area contributed by atoms with Crippen molar-refractivity contribution in [3.8, 4) is 17.0 Å². The number of aromatic nitrogens is 3. The number of fused-ring (bicyclic) bond motifs is 1. The first-order valence-electron chi connectivity index (χ1n) is 13.3. The minimum Gasteiger partial charge on any atom is -0.474 e. The maximum atomic E-state index is 14.7. The van der Waals surface area contributed by atoms with E-state index in [1.54, 1.807) is 6.20 Å². The van der Waals surface area contributed by atoms with Gasteiger partial charge in [0.05, 0.1) is 5.39 Å². The van der Waals surface area contributed by atoms with Crippen LogP contribution in [0.25, 0.3) is 22.2 Å². The van der Waals surface area contributed by atoms with Gasteiger partial charge in [-0.05, 0) is 62.6 Å². The van der Waals surface area contributed by atoms with Gasteiger partial charge < -0.3 is 19.9 Å². The second kappa shape index (κ2) is 10.7. The number of hydrogen-bond donors (Lipinski definition) is 2. The number of benzene rings is 2. The summed E-state index contributed by atoms with van der Waals surface area (Å²) in [5, 5.41) is 3.89. The normalized spacial score (nSPS) is 17.3. The molecule has 2 N–H and O–H groups in total. The van der Waals surface area contributed by atoms with Gasteiger partial charge in [0.25, 0.3) is 0 Å². The Kier molecular flexibility index (Phi) is 6.95. The molecule has 2 aliphatic rings. The van der Waals surface area contributed by atoms with Gasteiger partial charge in [-0.2, -0.15) is 9.97 Å². The number of anilines is 2. The van der Waals surface area contributed by atoms with Crippen LogP contribution in [0, 0.1) is 11.6 Å². The highest BCUT2D eigenvalue weighted by Gasteiger charge is 2.23. The minimum absolute atomic E-state index is 0.0515. The number of hydrogen-bond acceptors (Lipinski definition) is 6. The van der Waals surface area contributed by atoms with Crippen molar-refractivity contribution in [3.05, 3.63) is 65.9 Å². The van der Waals surface area contributed by atoms with Crippen LogP contribution < -0.4 is 10.1 Å². The van der Waals surface area contributed by atoms with Crippen LogP contribution in [-0.4, -0.2) is 64.1 Å². The third kappa shape index (κ3) is 5.35. The van der Waals surface area contributed by atoms with Gasteiger partial charge in [0.1, 0.15) is 23.4 Å². The lowest BCUT2D eigenvalue weighted by atomic mass is 10.1. The molecule has 1 saturated carbocycles. The first-order valence-corrected chi connectivity index (χ1v) is 13.3. The molecule has 0 unspecified atom stereocenters. The molecular formula is C29H32F2N6O. The van der Waals surface area contributed by atoms with E-state index in [9.17, 15) is 8.78 Å². The highest BCUT2D eigenvalue weighted by molar-refractivity contribution is 5.98. The third-order valence-electron chi connectivity index (χ3n) is 7.51. The Morgan fingerprint density at radius 2 is 1.74 bits per heavy atom. The van der Waals surface area contributed by atoms with Gasteiger partial charge in [-0.15, -0.1) is 0 Å². The van der Waals surface area contributed by atoms with Crippen molar-refractivity contribution < 1.29 is 13.5 Å². The number of ether oxygens (including phenoxy) is 1. The molecule has 0 radical (unpaired) electrons. The molecule has 9 heteroatoms. The summed E-state index contributed by atoms with van der Waals surface area (Å²) in [4.78, 5) is 17.3. The van der Waals surface area contributed by atoms with E-state index >= 15 is 0 Å². The van der Waals surface area contributed by atoms with Crippen molar-refractivity contribution in [1.82, 2.24) is 24.8 Å². The van der Waals surface area contributed by atoms with Crippen LogP contribution in [0.3, 0.4) is 0 Å². The van der Waals surface area contributed by atoms with Gasteiger partial charge in [-0.3, -0.25) is 4.90 Å². The van der Waals surface area contributed by atoms with Crippen LogP contribution in [0.2, 0.25) is 0 Å². The van der Waals surface area contributed by atoms with Gasteiger partial charge in [0.15, 0.2) is 0 Å². The summed E-state index contributed by atoms with van der Waals surface area (Å²) in [5.41, 5.74) is 3.48. The fraction of sp³-hybridized carbons (Fsp3) is 0.379. The number of halogens is 2. The number of nitrogens with one attached hydrogen (secondary N) is 2. The summed E-state index contributed by atoms with van der Waals surface area (Å²) in [6, 6.07) is 11.9. The van der Waals surface area contributed by atoms with Crippen molar-refractivity contribution in [2.45, 2.75) is 38.3 Å². The molecule has 7 nitrogen and oxygen atoms in total. The Morgan fingerprint density at radius 1 is 0.974 bits per heavy atom. The summed E-state index contributed by atoms with van der Waals surface area (Å²) >= 11 is 0. The fourth-order valence-electron chi connectivity index (χ4n) is 5.31. The summed E-state index contributed by atoms with van der Waals surface area (Å²) in [6.45, 7) is 5.28. The largest absolute Gasteiger partial charge is 0.474 e. The number of piperazine rings is 1. The van der Waals surface area contributed by atoms with Crippen molar-refractivity contribution in [3.63, 3.8) is 0 Å². The Morgan fingerprint density at radius 3 is 2.47 bits per heavy atom. The predicted octanol–water partition coefficient (Wildman–Crippen LogP) is 5.72. The van der Waals surface area contributed by atoms with Crippen molar-refractivity contribution in [1.29, 1.82) is 0 Å². The van der Waals surface area contributed by atoms with E-state index in [2.05, 4.69) is 44.3 Å². The van der Waals surface area contributed by atoms with Gasteiger partial charge in [0, 0.05) is 61.8 Å². The van der Waals surface area contributed by atoms with E-state index in [0.29, 0.717) is 28.4 Å². The monoisotopic (exact) mass is 518 g/mol. The maximum absolute atomic E-state index is 14.7. The molecular weight excluding hydrogens is 486 g/mol. The molecule has 1 saturated heterocycles. The highest BCUT2D eigenvalue weighted by atomic mass is 19.1. The second-order valence-corrected chi connectivity index (χ2v) is 10.3. The van der Waals surface area contributed by atoms with Gasteiger partial charge in [-0.1, -0.05) is 12.1 Å². The molecule has 38 heavy (non-hydrogen) atoms. The molecule has 0 amide bonds. The molecule has 4 aromatic rings. The van der Waals surface area contributed by atoms with Crippen molar-refractivity contribution >= 4 is 22.7 Å².